The maximum absolute atomic E-state index is 13.0. The van der Waals surface area contributed by atoms with E-state index >= 15 is 0 Å². The number of carbonyl (C=O) groups is 1. The average Bonchev–Trinajstić information content (AvgIpc) is 2.45. The molecule has 2 aromatic carbocycles. The lowest BCUT2D eigenvalue weighted by Gasteiger charge is -2.15. The highest BCUT2D eigenvalue weighted by molar-refractivity contribution is 6.30. The second kappa shape index (κ2) is 6.54. The fourth-order valence-corrected chi connectivity index (χ4v) is 1.76. The van der Waals surface area contributed by atoms with Gasteiger partial charge in [0.15, 0.2) is 6.10 Å². The van der Waals surface area contributed by atoms with Crippen LogP contribution < -0.4 is 10.1 Å². The van der Waals surface area contributed by atoms with Crippen molar-refractivity contribution >= 4 is 23.2 Å². The molecule has 21 heavy (non-hydrogen) atoms. The summed E-state index contributed by atoms with van der Waals surface area (Å²) < 4.78 is 31.1. The van der Waals surface area contributed by atoms with Gasteiger partial charge in [0.2, 0.25) is 0 Å². The van der Waals surface area contributed by atoms with E-state index in [-0.39, 0.29) is 10.8 Å². The monoisotopic (exact) mass is 311 g/mol. The molecule has 2 rings (SSSR count). The number of ether oxygens (including phenoxy) is 1. The SMILES string of the molecule is C[C@H](Oc1ccc(F)c(Cl)c1)C(=O)Nc1ccc(F)cc1. The van der Waals surface area contributed by atoms with Crippen molar-refractivity contribution < 1.29 is 18.3 Å². The van der Waals surface area contributed by atoms with Gasteiger partial charge in [0.25, 0.3) is 5.91 Å². The third-order valence-corrected chi connectivity index (χ3v) is 2.97. The molecule has 0 aromatic heterocycles. The summed E-state index contributed by atoms with van der Waals surface area (Å²) in [5.41, 5.74) is 0.453. The van der Waals surface area contributed by atoms with E-state index < -0.39 is 23.6 Å². The van der Waals surface area contributed by atoms with E-state index in [1.807, 2.05) is 0 Å². The van der Waals surface area contributed by atoms with Crippen LogP contribution in [0.2, 0.25) is 5.02 Å². The molecule has 0 heterocycles. The Labute approximate surface area is 125 Å². The zero-order valence-electron chi connectivity index (χ0n) is 11.1. The third kappa shape index (κ3) is 4.16. The van der Waals surface area contributed by atoms with Gasteiger partial charge in [0, 0.05) is 11.8 Å². The van der Waals surface area contributed by atoms with Crippen LogP contribution in [0.25, 0.3) is 0 Å². The zero-order valence-corrected chi connectivity index (χ0v) is 11.8. The van der Waals surface area contributed by atoms with Crippen molar-refractivity contribution in [3.63, 3.8) is 0 Å². The number of nitrogens with one attached hydrogen (secondary N) is 1. The Morgan fingerprint density at radius 3 is 2.48 bits per heavy atom. The van der Waals surface area contributed by atoms with Crippen LogP contribution in [0.15, 0.2) is 42.5 Å². The molecule has 0 spiro atoms. The van der Waals surface area contributed by atoms with Crippen molar-refractivity contribution in [2.45, 2.75) is 13.0 Å². The van der Waals surface area contributed by atoms with Gasteiger partial charge in [-0.1, -0.05) is 11.6 Å². The maximum Gasteiger partial charge on any atom is 0.265 e. The van der Waals surface area contributed by atoms with Crippen LogP contribution in [0.1, 0.15) is 6.92 Å². The fourth-order valence-electron chi connectivity index (χ4n) is 1.58. The van der Waals surface area contributed by atoms with Gasteiger partial charge in [0.1, 0.15) is 17.4 Å². The first-order valence-corrected chi connectivity index (χ1v) is 6.51. The van der Waals surface area contributed by atoms with Gasteiger partial charge in [0.05, 0.1) is 5.02 Å². The third-order valence-electron chi connectivity index (χ3n) is 2.68. The second-order valence-corrected chi connectivity index (χ2v) is 4.74. The summed E-state index contributed by atoms with van der Waals surface area (Å²) in [6.45, 7) is 1.54. The number of hydrogen-bond donors (Lipinski definition) is 1. The van der Waals surface area contributed by atoms with E-state index in [4.69, 9.17) is 16.3 Å². The Hall–Kier alpha value is -2.14. The van der Waals surface area contributed by atoms with Crippen molar-refractivity contribution in [3.8, 4) is 5.75 Å². The summed E-state index contributed by atoms with van der Waals surface area (Å²) >= 11 is 5.63. The first kappa shape index (κ1) is 15.3. The summed E-state index contributed by atoms with van der Waals surface area (Å²) in [6, 6.07) is 9.18. The lowest BCUT2D eigenvalue weighted by Crippen LogP contribution is -2.30. The molecule has 0 saturated carbocycles. The van der Waals surface area contributed by atoms with Crippen LogP contribution in [0, 0.1) is 11.6 Å². The van der Waals surface area contributed by atoms with Gasteiger partial charge < -0.3 is 10.1 Å². The van der Waals surface area contributed by atoms with E-state index in [1.54, 1.807) is 0 Å². The van der Waals surface area contributed by atoms with Crippen molar-refractivity contribution in [2.24, 2.45) is 0 Å². The highest BCUT2D eigenvalue weighted by Gasteiger charge is 2.15. The van der Waals surface area contributed by atoms with E-state index in [0.29, 0.717) is 5.69 Å². The largest absolute Gasteiger partial charge is 0.481 e. The quantitative estimate of drug-likeness (QED) is 0.926. The number of carbonyl (C=O) groups excluding carboxylic acids is 1. The minimum Gasteiger partial charge on any atom is -0.481 e. The normalized spacial score (nSPS) is 11.8. The Kier molecular flexibility index (Phi) is 4.75. The average molecular weight is 312 g/mol. The molecule has 0 unspecified atom stereocenters. The van der Waals surface area contributed by atoms with Gasteiger partial charge in [-0.25, -0.2) is 8.78 Å². The van der Waals surface area contributed by atoms with Crippen LogP contribution in [0.3, 0.4) is 0 Å². The topological polar surface area (TPSA) is 38.3 Å². The van der Waals surface area contributed by atoms with Crippen LogP contribution in [0.5, 0.6) is 5.75 Å². The highest BCUT2D eigenvalue weighted by atomic mass is 35.5. The molecule has 0 bridgehead atoms. The standard InChI is InChI=1S/C15H12ClF2NO2/c1-9(21-12-6-7-14(18)13(16)8-12)15(20)19-11-4-2-10(17)3-5-11/h2-9H,1H3,(H,19,20)/t9-/m0/s1. The minimum atomic E-state index is -0.823. The molecular weight excluding hydrogens is 300 g/mol. The van der Waals surface area contributed by atoms with E-state index in [2.05, 4.69) is 5.32 Å². The molecule has 1 N–H and O–H groups in total. The van der Waals surface area contributed by atoms with Crippen molar-refractivity contribution in [2.75, 3.05) is 5.32 Å². The Morgan fingerprint density at radius 1 is 1.19 bits per heavy atom. The summed E-state index contributed by atoms with van der Waals surface area (Å²) in [7, 11) is 0. The first-order chi connectivity index (χ1) is 9.95. The number of halogens is 3. The molecule has 1 amide bonds. The van der Waals surface area contributed by atoms with Crippen molar-refractivity contribution in [1.82, 2.24) is 0 Å². The van der Waals surface area contributed by atoms with Gasteiger partial charge >= 0.3 is 0 Å². The predicted octanol–water partition coefficient (Wildman–Crippen LogP) is 4.02. The summed E-state index contributed by atoms with van der Waals surface area (Å²) in [5.74, 6) is -1.09. The molecule has 1 atom stereocenters. The molecule has 0 aliphatic rings. The number of hydrogen-bond acceptors (Lipinski definition) is 2. The lowest BCUT2D eigenvalue weighted by atomic mass is 10.3. The van der Waals surface area contributed by atoms with E-state index in [0.717, 1.165) is 6.07 Å². The minimum absolute atomic E-state index is 0.0846. The molecule has 6 heteroatoms. The molecule has 0 fully saturated rings. The van der Waals surface area contributed by atoms with E-state index in [1.165, 1.54) is 43.3 Å². The fraction of sp³-hybridized carbons (Fsp3) is 0.133. The zero-order chi connectivity index (χ0) is 15.4. The molecule has 0 saturated heterocycles. The summed E-state index contributed by atoms with van der Waals surface area (Å²) in [4.78, 5) is 11.9. The first-order valence-electron chi connectivity index (χ1n) is 6.14. The van der Waals surface area contributed by atoms with Crippen LogP contribution in [-0.2, 0) is 4.79 Å². The van der Waals surface area contributed by atoms with Gasteiger partial charge in [-0.2, -0.15) is 0 Å². The lowest BCUT2D eigenvalue weighted by molar-refractivity contribution is -0.122. The molecule has 2 aromatic rings. The van der Waals surface area contributed by atoms with Gasteiger partial charge in [-0.15, -0.1) is 0 Å². The van der Waals surface area contributed by atoms with Crippen molar-refractivity contribution in [1.29, 1.82) is 0 Å². The molecule has 0 radical (unpaired) electrons. The molecule has 110 valence electrons. The number of benzene rings is 2. The van der Waals surface area contributed by atoms with Crippen molar-refractivity contribution in [3.05, 3.63) is 59.1 Å². The Balaban J connectivity index is 1.98. The van der Waals surface area contributed by atoms with Crippen LogP contribution in [-0.4, -0.2) is 12.0 Å². The van der Waals surface area contributed by atoms with E-state index in [9.17, 15) is 13.6 Å². The smallest absolute Gasteiger partial charge is 0.265 e. The van der Waals surface area contributed by atoms with Gasteiger partial charge in [-0.3, -0.25) is 4.79 Å². The number of anilines is 1. The van der Waals surface area contributed by atoms with Crippen LogP contribution >= 0.6 is 11.6 Å². The Bertz CT molecular complexity index is 647. The molecule has 0 aliphatic heterocycles. The highest BCUT2D eigenvalue weighted by Crippen LogP contribution is 2.22. The van der Waals surface area contributed by atoms with Crippen LogP contribution in [0.4, 0.5) is 14.5 Å². The summed E-state index contributed by atoms with van der Waals surface area (Å²) in [6.07, 6.45) is -0.823. The molecule has 0 aliphatic carbocycles. The maximum atomic E-state index is 13.0. The molecule has 3 nitrogen and oxygen atoms in total. The Morgan fingerprint density at radius 2 is 1.86 bits per heavy atom. The van der Waals surface area contributed by atoms with Gasteiger partial charge in [-0.05, 0) is 43.3 Å². The summed E-state index contributed by atoms with van der Waals surface area (Å²) in [5, 5.41) is 2.49. The second-order valence-electron chi connectivity index (χ2n) is 4.33. The number of rotatable bonds is 4. The predicted molar refractivity (Wildman–Crippen MR) is 76.5 cm³/mol. The molecular formula is C15H12ClF2NO2. The number of amides is 1.